The van der Waals surface area contributed by atoms with Crippen LogP contribution in [0.3, 0.4) is 0 Å². The van der Waals surface area contributed by atoms with E-state index in [1.165, 1.54) is 0 Å². The van der Waals surface area contributed by atoms with E-state index < -0.39 is 0 Å². The van der Waals surface area contributed by atoms with Gasteiger partial charge in [-0.25, -0.2) is 0 Å². The van der Waals surface area contributed by atoms with Crippen LogP contribution in [-0.4, -0.2) is 29.8 Å². The molecule has 0 aromatic carbocycles. The van der Waals surface area contributed by atoms with Crippen molar-refractivity contribution in [3.63, 3.8) is 0 Å². The van der Waals surface area contributed by atoms with Gasteiger partial charge in [-0.15, -0.1) is 5.10 Å². The summed E-state index contributed by atoms with van der Waals surface area (Å²) >= 11 is 0. The Morgan fingerprint density at radius 2 is 1.94 bits per heavy atom. The third kappa shape index (κ3) is 3.45. The molecule has 0 spiro atoms. The van der Waals surface area contributed by atoms with Gasteiger partial charge < -0.3 is 10.6 Å². The van der Waals surface area contributed by atoms with Crippen LogP contribution in [0.4, 0.5) is 5.82 Å². The monoisotopic (exact) mass is 222 g/mol. The SMILES string of the molecule is CC(N)CN(C)c1ccc(C(C)(C)C)nn1. The molecule has 1 aromatic rings. The number of anilines is 1. The van der Waals surface area contributed by atoms with Gasteiger partial charge >= 0.3 is 0 Å². The maximum absolute atomic E-state index is 5.74. The van der Waals surface area contributed by atoms with E-state index in [-0.39, 0.29) is 11.5 Å². The Bertz CT molecular complexity index is 324. The molecule has 2 N–H and O–H groups in total. The number of rotatable bonds is 3. The minimum atomic E-state index is 0.0469. The van der Waals surface area contributed by atoms with Gasteiger partial charge in [0.1, 0.15) is 0 Å². The van der Waals surface area contributed by atoms with Gasteiger partial charge in [0, 0.05) is 25.0 Å². The van der Waals surface area contributed by atoms with Gasteiger partial charge in [0.25, 0.3) is 0 Å². The van der Waals surface area contributed by atoms with Crippen molar-refractivity contribution in [1.29, 1.82) is 0 Å². The number of hydrogen-bond donors (Lipinski definition) is 1. The van der Waals surface area contributed by atoms with Crippen molar-refractivity contribution in [2.24, 2.45) is 5.73 Å². The topological polar surface area (TPSA) is 55.0 Å². The lowest BCUT2D eigenvalue weighted by Gasteiger charge is -2.21. The average molecular weight is 222 g/mol. The molecule has 0 bridgehead atoms. The van der Waals surface area contributed by atoms with Crippen molar-refractivity contribution < 1.29 is 0 Å². The van der Waals surface area contributed by atoms with Crippen molar-refractivity contribution in [3.8, 4) is 0 Å². The van der Waals surface area contributed by atoms with Gasteiger partial charge in [0.2, 0.25) is 0 Å². The fraction of sp³-hybridized carbons (Fsp3) is 0.667. The third-order valence-electron chi connectivity index (χ3n) is 2.37. The van der Waals surface area contributed by atoms with Crippen LogP contribution >= 0.6 is 0 Å². The summed E-state index contributed by atoms with van der Waals surface area (Å²) in [5.74, 6) is 0.866. The van der Waals surface area contributed by atoms with Gasteiger partial charge in [-0.1, -0.05) is 20.8 Å². The number of nitrogens with two attached hydrogens (primary N) is 1. The predicted octanol–water partition coefficient (Wildman–Crippen LogP) is 1.56. The molecule has 0 saturated heterocycles. The number of aromatic nitrogens is 2. The first-order valence-corrected chi connectivity index (χ1v) is 5.61. The smallest absolute Gasteiger partial charge is 0.151 e. The molecule has 0 saturated carbocycles. The van der Waals surface area contributed by atoms with Crippen LogP contribution in [0.2, 0.25) is 0 Å². The number of likely N-dealkylation sites (N-methyl/N-ethyl adjacent to an activating group) is 1. The lowest BCUT2D eigenvalue weighted by Crippen LogP contribution is -2.33. The second kappa shape index (κ2) is 4.78. The zero-order valence-corrected chi connectivity index (χ0v) is 10.9. The van der Waals surface area contributed by atoms with Crippen molar-refractivity contribution in [2.45, 2.75) is 39.2 Å². The lowest BCUT2D eigenvalue weighted by molar-refractivity contribution is 0.557. The highest BCUT2D eigenvalue weighted by Crippen LogP contribution is 2.20. The van der Waals surface area contributed by atoms with Gasteiger partial charge in [-0.2, -0.15) is 5.10 Å². The average Bonchev–Trinajstić information content (AvgIpc) is 2.15. The van der Waals surface area contributed by atoms with E-state index in [0.29, 0.717) is 0 Å². The second-order valence-electron chi connectivity index (χ2n) is 5.38. The fourth-order valence-electron chi connectivity index (χ4n) is 1.45. The van der Waals surface area contributed by atoms with Crippen LogP contribution in [0.1, 0.15) is 33.4 Å². The number of hydrogen-bond acceptors (Lipinski definition) is 4. The van der Waals surface area contributed by atoms with E-state index in [2.05, 4.69) is 31.0 Å². The molecule has 1 aromatic heterocycles. The second-order valence-corrected chi connectivity index (χ2v) is 5.38. The highest BCUT2D eigenvalue weighted by molar-refractivity contribution is 5.37. The molecule has 1 rings (SSSR count). The molecule has 0 fully saturated rings. The summed E-state index contributed by atoms with van der Waals surface area (Å²) < 4.78 is 0. The van der Waals surface area contributed by atoms with Crippen molar-refractivity contribution in [3.05, 3.63) is 17.8 Å². The van der Waals surface area contributed by atoms with Crippen molar-refractivity contribution in [1.82, 2.24) is 10.2 Å². The molecule has 0 amide bonds. The standard InChI is InChI=1S/C12H22N4/c1-9(13)8-16(5)11-7-6-10(14-15-11)12(2,3)4/h6-7,9H,8,13H2,1-5H3. The summed E-state index contributed by atoms with van der Waals surface area (Å²) in [6.45, 7) is 9.14. The highest BCUT2D eigenvalue weighted by atomic mass is 15.2. The summed E-state index contributed by atoms with van der Waals surface area (Å²) in [5.41, 5.74) is 6.79. The Morgan fingerprint density at radius 1 is 1.31 bits per heavy atom. The number of nitrogens with zero attached hydrogens (tertiary/aromatic N) is 3. The molecule has 1 unspecified atom stereocenters. The van der Waals surface area contributed by atoms with E-state index in [9.17, 15) is 0 Å². The third-order valence-corrected chi connectivity index (χ3v) is 2.37. The molecule has 16 heavy (non-hydrogen) atoms. The van der Waals surface area contributed by atoms with Crippen LogP contribution in [0.25, 0.3) is 0 Å². The first kappa shape index (κ1) is 12.9. The molecule has 4 heteroatoms. The van der Waals surface area contributed by atoms with Crippen LogP contribution in [0.15, 0.2) is 12.1 Å². The minimum absolute atomic E-state index is 0.0469. The summed E-state index contributed by atoms with van der Waals surface area (Å²) in [5, 5.41) is 8.46. The Morgan fingerprint density at radius 3 is 2.31 bits per heavy atom. The molecule has 0 aliphatic rings. The van der Waals surface area contributed by atoms with E-state index in [4.69, 9.17) is 5.73 Å². The van der Waals surface area contributed by atoms with Crippen molar-refractivity contribution in [2.75, 3.05) is 18.5 Å². The van der Waals surface area contributed by atoms with Gasteiger partial charge in [0.05, 0.1) is 5.69 Å². The Labute approximate surface area is 97.9 Å². The Hall–Kier alpha value is -1.16. The molecule has 0 radical (unpaired) electrons. The van der Waals surface area contributed by atoms with Gasteiger partial charge in [0.15, 0.2) is 5.82 Å². The molecular formula is C12H22N4. The summed E-state index contributed by atoms with van der Waals surface area (Å²) in [4.78, 5) is 2.02. The lowest BCUT2D eigenvalue weighted by atomic mass is 9.92. The maximum Gasteiger partial charge on any atom is 0.151 e. The molecule has 90 valence electrons. The van der Waals surface area contributed by atoms with Crippen LogP contribution in [0.5, 0.6) is 0 Å². The van der Waals surface area contributed by atoms with Gasteiger partial charge in [-0.3, -0.25) is 0 Å². The Kier molecular flexibility index (Phi) is 3.86. The molecule has 1 heterocycles. The molecule has 0 aliphatic carbocycles. The summed E-state index contributed by atoms with van der Waals surface area (Å²) in [7, 11) is 1.98. The summed E-state index contributed by atoms with van der Waals surface area (Å²) in [6.07, 6.45) is 0. The molecular weight excluding hydrogens is 200 g/mol. The molecule has 4 nitrogen and oxygen atoms in total. The van der Waals surface area contributed by atoms with Crippen LogP contribution in [-0.2, 0) is 5.41 Å². The largest absolute Gasteiger partial charge is 0.357 e. The first-order valence-electron chi connectivity index (χ1n) is 5.61. The fourth-order valence-corrected chi connectivity index (χ4v) is 1.45. The first-order chi connectivity index (χ1) is 7.30. The zero-order chi connectivity index (χ0) is 12.3. The van der Waals surface area contributed by atoms with Gasteiger partial charge in [-0.05, 0) is 19.1 Å². The maximum atomic E-state index is 5.74. The van der Waals surface area contributed by atoms with E-state index in [0.717, 1.165) is 18.1 Å². The van der Waals surface area contributed by atoms with E-state index in [1.807, 2.05) is 31.0 Å². The van der Waals surface area contributed by atoms with Crippen molar-refractivity contribution >= 4 is 5.82 Å². The zero-order valence-electron chi connectivity index (χ0n) is 10.9. The Balaban J connectivity index is 2.79. The summed E-state index contributed by atoms with van der Waals surface area (Å²) in [6, 6.07) is 4.16. The van der Waals surface area contributed by atoms with E-state index in [1.54, 1.807) is 0 Å². The predicted molar refractivity (Wildman–Crippen MR) is 67.7 cm³/mol. The normalized spacial score (nSPS) is 13.6. The molecule has 0 aliphatic heterocycles. The highest BCUT2D eigenvalue weighted by Gasteiger charge is 2.16. The van der Waals surface area contributed by atoms with E-state index >= 15 is 0 Å². The van der Waals surface area contributed by atoms with Crippen LogP contribution < -0.4 is 10.6 Å². The van der Waals surface area contributed by atoms with Crippen LogP contribution in [0, 0.1) is 0 Å². The molecule has 1 atom stereocenters. The quantitative estimate of drug-likeness (QED) is 0.843. The minimum Gasteiger partial charge on any atom is -0.357 e.